The molecule has 1 aliphatic rings. The predicted octanol–water partition coefficient (Wildman–Crippen LogP) is 2.33. The number of halogens is 3. The summed E-state index contributed by atoms with van der Waals surface area (Å²) < 4.78 is 38.5. The SMILES string of the molecule is C=C(C=N/C(C)=C\C)N1CCNCC1C(F)(F)F. The number of hydrogen-bond acceptors (Lipinski definition) is 3. The van der Waals surface area contributed by atoms with Crippen LogP contribution in [0.2, 0.25) is 0 Å². The molecule has 1 fully saturated rings. The molecule has 3 nitrogen and oxygen atoms in total. The maximum atomic E-state index is 12.8. The van der Waals surface area contributed by atoms with Crippen molar-refractivity contribution in [2.24, 2.45) is 4.99 Å². The van der Waals surface area contributed by atoms with Gasteiger partial charge < -0.3 is 10.2 Å². The Morgan fingerprint density at radius 2 is 2.17 bits per heavy atom. The average Bonchev–Trinajstić information content (AvgIpc) is 2.34. The molecule has 0 radical (unpaired) electrons. The molecule has 0 aromatic heterocycles. The molecule has 1 saturated heterocycles. The van der Waals surface area contributed by atoms with Gasteiger partial charge in [0.15, 0.2) is 0 Å². The van der Waals surface area contributed by atoms with E-state index in [0.29, 0.717) is 12.2 Å². The predicted molar refractivity (Wildman–Crippen MR) is 66.5 cm³/mol. The molecule has 18 heavy (non-hydrogen) atoms. The van der Waals surface area contributed by atoms with E-state index in [1.807, 2.05) is 6.92 Å². The van der Waals surface area contributed by atoms with Gasteiger partial charge in [-0.3, -0.25) is 4.99 Å². The van der Waals surface area contributed by atoms with Crippen molar-refractivity contribution in [2.75, 3.05) is 19.6 Å². The monoisotopic (exact) mass is 261 g/mol. The van der Waals surface area contributed by atoms with Crippen LogP contribution in [0.25, 0.3) is 0 Å². The van der Waals surface area contributed by atoms with E-state index in [4.69, 9.17) is 0 Å². The fourth-order valence-electron chi connectivity index (χ4n) is 1.67. The van der Waals surface area contributed by atoms with Crippen molar-refractivity contribution < 1.29 is 13.2 Å². The molecule has 1 heterocycles. The summed E-state index contributed by atoms with van der Waals surface area (Å²) in [5.41, 5.74) is 1.04. The van der Waals surface area contributed by atoms with Crippen LogP contribution in [0.1, 0.15) is 13.8 Å². The van der Waals surface area contributed by atoms with Crippen molar-refractivity contribution in [1.29, 1.82) is 0 Å². The minimum Gasteiger partial charge on any atom is -0.357 e. The van der Waals surface area contributed by atoms with Crippen molar-refractivity contribution in [2.45, 2.75) is 26.1 Å². The highest BCUT2D eigenvalue weighted by Crippen LogP contribution is 2.27. The lowest BCUT2D eigenvalue weighted by Gasteiger charge is -2.38. The highest BCUT2D eigenvalue weighted by molar-refractivity contribution is 5.77. The van der Waals surface area contributed by atoms with Crippen LogP contribution in [-0.4, -0.2) is 43.0 Å². The van der Waals surface area contributed by atoms with Crippen molar-refractivity contribution in [3.05, 3.63) is 24.0 Å². The van der Waals surface area contributed by atoms with E-state index in [1.165, 1.54) is 11.1 Å². The Bertz CT molecular complexity index is 358. The summed E-state index contributed by atoms with van der Waals surface area (Å²) in [4.78, 5) is 5.29. The van der Waals surface area contributed by atoms with Crippen LogP contribution in [0.3, 0.4) is 0 Å². The van der Waals surface area contributed by atoms with Gasteiger partial charge in [0.1, 0.15) is 6.04 Å². The molecule has 0 aliphatic carbocycles. The summed E-state index contributed by atoms with van der Waals surface area (Å²) in [5.74, 6) is 0. The van der Waals surface area contributed by atoms with E-state index in [1.54, 1.807) is 13.0 Å². The molecule has 0 aromatic rings. The van der Waals surface area contributed by atoms with Crippen molar-refractivity contribution in [3.63, 3.8) is 0 Å². The summed E-state index contributed by atoms with van der Waals surface area (Å²) >= 11 is 0. The second-order valence-electron chi connectivity index (χ2n) is 4.13. The number of piperazine rings is 1. The molecule has 0 spiro atoms. The minimum atomic E-state index is -4.26. The first-order chi connectivity index (χ1) is 8.36. The number of rotatable bonds is 3. The molecular formula is C12H18F3N3. The summed E-state index contributed by atoms with van der Waals surface area (Å²) in [6.07, 6.45) is -1.10. The van der Waals surface area contributed by atoms with Crippen molar-refractivity contribution >= 4 is 6.21 Å². The third-order valence-corrected chi connectivity index (χ3v) is 2.83. The van der Waals surface area contributed by atoms with Crippen LogP contribution in [0.5, 0.6) is 0 Å². The number of alkyl halides is 3. The van der Waals surface area contributed by atoms with Crippen molar-refractivity contribution in [1.82, 2.24) is 10.2 Å². The maximum Gasteiger partial charge on any atom is 0.409 e. The van der Waals surface area contributed by atoms with E-state index >= 15 is 0 Å². The zero-order valence-corrected chi connectivity index (χ0v) is 10.6. The summed E-state index contributed by atoms with van der Waals surface area (Å²) in [6, 6.07) is -1.53. The smallest absolute Gasteiger partial charge is 0.357 e. The number of aliphatic imine (C=N–C) groups is 1. The molecule has 0 saturated carbocycles. The van der Waals surface area contributed by atoms with Gasteiger partial charge in [-0.2, -0.15) is 13.2 Å². The Morgan fingerprint density at radius 1 is 1.50 bits per heavy atom. The second kappa shape index (κ2) is 6.04. The molecule has 0 aromatic carbocycles. The first kappa shape index (κ1) is 14.8. The average molecular weight is 261 g/mol. The number of nitrogens with one attached hydrogen (secondary N) is 1. The quantitative estimate of drug-likeness (QED) is 0.790. The molecule has 1 aliphatic heterocycles. The standard InChI is InChI=1S/C12H18F3N3/c1-4-9(2)17-7-10(3)18-6-5-16-8-11(18)12(13,14)15/h4,7,11,16H,3,5-6,8H2,1-2H3/b9-4-,17-7?. The van der Waals surface area contributed by atoms with Gasteiger partial charge >= 0.3 is 6.18 Å². The lowest BCUT2D eigenvalue weighted by molar-refractivity contribution is -0.180. The van der Waals surface area contributed by atoms with Gasteiger partial charge in [0.05, 0.1) is 0 Å². The molecule has 0 amide bonds. The van der Waals surface area contributed by atoms with E-state index < -0.39 is 12.2 Å². The van der Waals surface area contributed by atoms with Gasteiger partial charge in [-0.15, -0.1) is 0 Å². The lowest BCUT2D eigenvalue weighted by Crippen LogP contribution is -2.57. The lowest BCUT2D eigenvalue weighted by atomic mass is 10.1. The van der Waals surface area contributed by atoms with Crippen LogP contribution in [0.4, 0.5) is 13.2 Å². The Balaban J connectivity index is 2.78. The minimum absolute atomic E-state index is 0.112. The Labute approximate surface area is 105 Å². The highest BCUT2D eigenvalue weighted by Gasteiger charge is 2.44. The first-order valence-electron chi connectivity index (χ1n) is 5.76. The Kier molecular flexibility index (Phi) is 4.95. The third kappa shape index (κ3) is 3.87. The molecule has 0 bridgehead atoms. The fourth-order valence-corrected chi connectivity index (χ4v) is 1.67. The highest BCUT2D eigenvalue weighted by atomic mass is 19.4. The molecule has 1 N–H and O–H groups in total. The first-order valence-corrected chi connectivity index (χ1v) is 5.76. The maximum absolute atomic E-state index is 12.8. The van der Waals surface area contributed by atoms with Crippen LogP contribution in [0, 0.1) is 0 Å². The normalized spacial score (nSPS) is 22.6. The van der Waals surface area contributed by atoms with E-state index in [9.17, 15) is 13.2 Å². The molecule has 1 rings (SSSR count). The van der Waals surface area contributed by atoms with Gasteiger partial charge in [-0.25, -0.2) is 0 Å². The summed E-state index contributed by atoms with van der Waals surface area (Å²) in [6.45, 7) is 7.95. The third-order valence-electron chi connectivity index (χ3n) is 2.83. The van der Waals surface area contributed by atoms with Crippen LogP contribution in [0.15, 0.2) is 29.0 Å². The number of nitrogens with zero attached hydrogens (tertiary/aromatic N) is 2. The number of hydrogen-bond donors (Lipinski definition) is 1. The molecule has 6 heteroatoms. The molecular weight excluding hydrogens is 243 g/mol. The van der Waals surface area contributed by atoms with Crippen LogP contribution >= 0.6 is 0 Å². The van der Waals surface area contributed by atoms with E-state index in [2.05, 4.69) is 16.9 Å². The van der Waals surface area contributed by atoms with Gasteiger partial charge in [0, 0.05) is 37.2 Å². The Hall–Kier alpha value is -1.30. The second-order valence-corrected chi connectivity index (χ2v) is 4.13. The Morgan fingerprint density at radius 3 is 2.72 bits per heavy atom. The molecule has 1 unspecified atom stereocenters. The van der Waals surface area contributed by atoms with E-state index in [0.717, 1.165) is 5.70 Å². The molecule has 102 valence electrons. The number of allylic oxidation sites excluding steroid dienone is 3. The van der Waals surface area contributed by atoms with Gasteiger partial charge in [0.25, 0.3) is 0 Å². The molecule has 1 atom stereocenters. The zero-order valence-electron chi connectivity index (χ0n) is 10.6. The van der Waals surface area contributed by atoms with Crippen molar-refractivity contribution in [3.8, 4) is 0 Å². The topological polar surface area (TPSA) is 27.6 Å². The summed E-state index contributed by atoms with van der Waals surface area (Å²) in [7, 11) is 0. The van der Waals surface area contributed by atoms with Crippen LogP contribution < -0.4 is 5.32 Å². The van der Waals surface area contributed by atoms with Gasteiger partial charge in [0.2, 0.25) is 0 Å². The van der Waals surface area contributed by atoms with E-state index in [-0.39, 0.29) is 13.1 Å². The zero-order chi connectivity index (χ0) is 13.8. The van der Waals surface area contributed by atoms with Gasteiger partial charge in [-0.05, 0) is 13.8 Å². The van der Waals surface area contributed by atoms with Crippen LogP contribution in [-0.2, 0) is 0 Å². The van der Waals surface area contributed by atoms with Gasteiger partial charge in [-0.1, -0.05) is 12.7 Å². The summed E-state index contributed by atoms with van der Waals surface area (Å²) in [5, 5.41) is 2.74. The largest absolute Gasteiger partial charge is 0.409 e. The fraction of sp³-hybridized carbons (Fsp3) is 0.583.